The van der Waals surface area contributed by atoms with E-state index in [0.29, 0.717) is 12.1 Å². The van der Waals surface area contributed by atoms with Crippen LogP contribution in [0.4, 0.5) is 4.39 Å². The molecule has 1 aromatic carbocycles. The van der Waals surface area contributed by atoms with Gasteiger partial charge in [0.25, 0.3) is 0 Å². The third-order valence-electron chi connectivity index (χ3n) is 3.87. The van der Waals surface area contributed by atoms with Crippen molar-refractivity contribution in [1.29, 1.82) is 0 Å². The van der Waals surface area contributed by atoms with Crippen LogP contribution in [0.25, 0.3) is 0 Å². The lowest BCUT2D eigenvalue weighted by atomic mass is 9.89. The first-order valence-corrected chi connectivity index (χ1v) is 6.98. The van der Waals surface area contributed by atoms with Crippen LogP contribution >= 0.6 is 0 Å². The van der Waals surface area contributed by atoms with Gasteiger partial charge in [-0.3, -0.25) is 9.79 Å². The topological polar surface area (TPSA) is 71.1 Å². The fourth-order valence-electron chi connectivity index (χ4n) is 2.89. The lowest BCUT2D eigenvalue weighted by Gasteiger charge is -2.39. The van der Waals surface area contributed by atoms with Gasteiger partial charge < -0.3 is 10.6 Å². The molecule has 110 valence electrons. The van der Waals surface area contributed by atoms with Crippen molar-refractivity contribution in [2.24, 2.45) is 15.7 Å². The van der Waals surface area contributed by atoms with Gasteiger partial charge in [0.1, 0.15) is 12.2 Å². The zero-order valence-electron chi connectivity index (χ0n) is 11.7. The second kappa shape index (κ2) is 5.37. The van der Waals surface area contributed by atoms with E-state index < -0.39 is 6.04 Å². The normalized spacial score (nSPS) is 25.5. The molecule has 1 aromatic rings. The average Bonchev–Trinajstić information content (AvgIpc) is 2.93. The van der Waals surface area contributed by atoms with E-state index in [1.54, 1.807) is 24.0 Å². The standard InChI is InChI=1S/C15H17FN4O/c1-9(17)15(21)20-6-5-12-13(19-8-18-12)14(20)10-3-2-4-11(16)7-10/h2-4,7-9,12,14H,5-6,17H2,1H3. The number of hydrogen-bond donors (Lipinski definition) is 1. The lowest BCUT2D eigenvalue weighted by molar-refractivity contribution is -0.134. The van der Waals surface area contributed by atoms with E-state index >= 15 is 0 Å². The summed E-state index contributed by atoms with van der Waals surface area (Å²) >= 11 is 0. The molecule has 5 nitrogen and oxygen atoms in total. The number of carbonyl (C=O) groups is 1. The molecule has 0 saturated carbocycles. The molecule has 0 aliphatic carbocycles. The van der Waals surface area contributed by atoms with Crippen LogP contribution < -0.4 is 5.73 Å². The zero-order chi connectivity index (χ0) is 15.0. The molecule has 21 heavy (non-hydrogen) atoms. The number of likely N-dealkylation sites (tertiary alicyclic amines) is 1. The van der Waals surface area contributed by atoms with Gasteiger partial charge in [0.05, 0.1) is 23.8 Å². The van der Waals surface area contributed by atoms with Crippen LogP contribution in [-0.4, -0.2) is 41.5 Å². The maximum absolute atomic E-state index is 13.6. The van der Waals surface area contributed by atoms with E-state index in [2.05, 4.69) is 9.98 Å². The van der Waals surface area contributed by atoms with E-state index in [9.17, 15) is 9.18 Å². The number of carbonyl (C=O) groups excluding carboxylic acids is 1. The number of amides is 1. The second-order valence-corrected chi connectivity index (χ2v) is 5.40. The van der Waals surface area contributed by atoms with Crippen molar-refractivity contribution in [2.75, 3.05) is 6.54 Å². The van der Waals surface area contributed by atoms with Crippen molar-refractivity contribution in [3.05, 3.63) is 35.6 Å². The van der Waals surface area contributed by atoms with Gasteiger partial charge in [-0.25, -0.2) is 9.38 Å². The fourth-order valence-corrected chi connectivity index (χ4v) is 2.89. The molecule has 1 saturated heterocycles. The van der Waals surface area contributed by atoms with E-state index in [1.165, 1.54) is 18.5 Å². The van der Waals surface area contributed by atoms with Crippen molar-refractivity contribution < 1.29 is 9.18 Å². The predicted octanol–water partition coefficient (Wildman–Crippen LogP) is 1.30. The summed E-state index contributed by atoms with van der Waals surface area (Å²) in [6.07, 6.45) is 2.24. The highest BCUT2D eigenvalue weighted by molar-refractivity contribution is 6.05. The number of rotatable bonds is 2. The minimum atomic E-state index is -0.597. The van der Waals surface area contributed by atoms with Crippen LogP contribution in [0, 0.1) is 5.82 Å². The minimum Gasteiger partial charge on any atom is -0.329 e. The maximum Gasteiger partial charge on any atom is 0.240 e. The molecule has 0 bridgehead atoms. The van der Waals surface area contributed by atoms with Gasteiger partial charge in [-0.1, -0.05) is 12.1 Å². The molecule has 2 heterocycles. The summed E-state index contributed by atoms with van der Waals surface area (Å²) in [5.41, 5.74) is 7.24. The second-order valence-electron chi connectivity index (χ2n) is 5.40. The molecule has 0 aromatic heterocycles. The largest absolute Gasteiger partial charge is 0.329 e. The summed E-state index contributed by atoms with van der Waals surface area (Å²) in [5.74, 6) is -0.486. The predicted molar refractivity (Wildman–Crippen MR) is 78.8 cm³/mol. The highest BCUT2D eigenvalue weighted by Gasteiger charge is 2.39. The number of benzene rings is 1. The highest BCUT2D eigenvalue weighted by Crippen LogP contribution is 2.32. The molecule has 2 aliphatic heterocycles. The minimum absolute atomic E-state index is 0.0182. The van der Waals surface area contributed by atoms with Crippen molar-refractivity contribution in [1.82, 2.24) is 4.90 Å². The van der Waals surface area contributed by atoms with Gasteiger partial charge in [0.2, 0.25) is 5.91 Å². The van der Waals surface area contributed by atoms with Gasteiger partial charge in [-0.15, -0.1) is 0 Å². The molecule has 3 rings (SSSR count). The molecule has 2 N–H and O–H groups in total. The number of nitrogens with zero attached hydrogens (tertiary/aromatic N) is 3. The highest BCUT2D eigenvalue weighted by atomic mass is 19.1. The Kier molecular flexibility index (Phi) is 3.55. The first-order valence-electron chi connectivity index (χ1n) is 6.98. The maximum atomic E-state index is 13.6. The lowest BCUT2D eigenvalue weighted by Crippen LogP contribution is -2.52. The van der Waals surface area contributed by atoms with Gasteiger partial charge in [0, 0.05) is 6.54 Å². The Bertz CT molecular complexity index is 626. The SMILES string of the molecule is CC(N)C(=O)N1CCC2N=CN=C2C1c1cccc(F)c1. The number of hydrogen-bond acceptors (Lipinski definition) is 4. The number of halogens is 1. The zero-order valence-corrected chi connectivity index (χ0v) is 11.7. The Morgan fingerprint density at radius 3 is 3.05 bits per heavy atom. The smallest absolute Gasteiger partial charge is 0.240 e. The van der Waals surface area contributed by atoms with Gasteiger partial charge in [0.15, 0.2) is 0 Å². The fraction of sp³-hybridized carbons (Fsp3) is 0.400. The molecule has 3 unspecified atom stereocenters. The average molecular weight is 288 g/mol. The molecular formula is C15H17FN4O. The summed E-state index contributed by atoms with van der Waals surface area (Å²) in [7, 11) is 0. The van der Waals surface area contributed by atoms with Crippen LogP contribution in [0.1, 0.15) is 24.9 Å². The van der Waals surface area contributed by atoms with Crippen LogP contribution in [0.5, 0.6) is 0 Å². The summed E-state index contributed by atoms with van der Waals surface area (Å²) in [6.45, 7) is 2.20. The van der Waals surface area contributed by atoms with E-state index in [0.717, 1.165) is 12.1 Å². The number of aliphatic imine (C=N–C) groups is 2. The quantitative estimate of drug-likeness (QED) is 0.891. The van der Waals surface area contributed by atoms with E-state index in [1.807, 2.05) is 0 Å². The molecule has 0 spiro atoms. The number of fused-ring (bicyclic) bond motifs is 1. The van der Waals surface area contributed by atoms with Gasteiger partial charge in [-0.2, -0.15) is 0 Å². The molecule has 6 heteroatoms. The first-order chi connectivity index (χ1) is 10.1. The Morgan fingerprint density at radius 2 is 2.33 bits per heavy atom. The van der Waals surface area contributed by atoms with Crippen molar-refractivity contribution in [3.63, 3.8) is 0 Å². The summed E-state index contributed by atoms with van der Waals surface area (Å²) < 4.78 is 13.6. The van der Waals surface area contributed by atoms with Crippen molar-refractivity contribution in [2.45, 2.75) is 31.5 Å². The Morgan fingerprint density at radius 1 is 1.52 bits per heavy atom. The molecule has 0 radical (unpaired) electrons. The number of nitrogens with two attached hydrogens (primary N) is 1. The van der Waals surface area contributed by atoms with Crippen molar-refractivity contribution >= 4 is 18.0 Å². The Hall–Kier alpha value is -2.08. The molecular weight excluding hydrogens is 271 g/mol. The molecule has 1 fully saturated rings. The first kappa shape index (κ1) is 13.9. The third kappa shape index (κ3) is 2.47. The van der Waals surface area contributed by atoms with E-state index in [-0.39, 0.29) is 23.8 Å². The monoisotopic (exact) mass is 288 g/mol. The van der Waals surface area contributed by atoms with Gasteiger partial charge >= 0.3 is 0 Å². The Balaban J connectivity index is 2.02. The number of piperidine rings is 1. The van der Waals surface area contributed by atoms with E-state index in [4.69, 9.17) is 5.73 Å². The van der Waals surface area contributed by atoms with Crippen molar-refractivity contribution in [3.8, 4) is 0 Å². The molecule has 2 aliphatic rings. The summed E-state index contributed by atoms with van der Waals surface area (Å²) in [5, 5.41) is 0. The van der Waals surface area contributed by atoms with Gasteiger partial charge in [-0.05, 0) is 31.0 Å². The van der Waals surface area contributed by atoms with Crippen LogP contribution in [0.15, 0.2) is 34.3 Å². The van der Waals surface area contributed by atoms with Crippen LogP contribution in [-0.2, 0) is 4.79 Å². The Labute approximate surface area is 122 Å². The van der Waals surface area contributed by atoms with Crippen LogP contribution in [0.2, 0.25) is 0 Å². The third-order valence-corrected chi connectivity index (χ3v) is 3.87. The molecule has 1 amide bonds. The summed E-state index contributed by atoms with van der Waals surface area (Å²) in [6, 6.07) is 5.26. The molecule has 3 atom stereocenters. The summed E-state index contributed by atoms with van der Waals surface area (Å²) in [4.78, 5) is 22.7. The van der Waals surface area contributed by atoms with Crippen LogP contribution in [0.3, 0.4) is 0 Å².